The molecule has 0 bridgehead atoms. The van der Waals surface area contributed by atoms with Crippen molar-refractivity contribution in [2.24, 2.45) is 0 Å². The summed E-state index contributed by atoms with van der Waals surface area (Å²) in [4.78, 5) is 11.1. The second-order valence-electron chi connectivity index (χ2n) is 2.44. The molecular formula is C8H12O2. The number of rotatable bonds is 1. The molecule has 0 radical (unpaired) electrons. The molecule has 1 aliphatic rings. The van der Waals surface area contributed by atoms with Gasteiger partial charge in [-0.2, -0.15) is 0 Å². The first kappa shape index (κ1) is 7.32. The van der Waals surface area contributed by atoms with Crippen LogP contribution in [0.25, 0.3) is 0 Å². The first-order chi connectivity index (χ1) is 4.84. The van der Waals surface area contributed by atoms with Crippen LogP contribution in [0.5, 0.6) is 0 Å². The van der Waals surface area contributed by atoms with Gasteiger partial charge in [-0.25, -0.2) is 0 Å². The maximum Gasteiger partial charge on any atom is 0.197 e. The molecule has 0 saturated heterocycles. The smallest absolute Gasteiger partial charge is 0.197 e. The summed E-state index contributed by atoms with van der Waals surface area (Å²) >= 11 is 0. The Labute approximate surface area is 60.9 Å². The summed E-state index contributed by atoms with van der Waals surface area (Å²) in [5.41, 5.74) is 0. The molecule has 0 amide bonds. The van der Waals surface area contributed by atoms with Gasteiger partial charge in [-0.3, -0.25) is 4.79 Å². The number of Topliss-reactive ketones (excluding diaryl/α,β-unsaturated/α-hetero) is 1. The quantitative estimate of drug-likeness (QED) is 0.553. The van der Waals surface area contributed by atoms with Crippen LogP contribution in [0.4, 0.5) is 0 Å². The highest BCUT2D eigenvalue weighted by molar-refractivity contribution is 5.93. The molecule has 0 spiro atoms. The van der Waals surface area contributed by atoms with Gasteiger partial charge < -0.3 is 4.74 Å². The average Bonchev–Trinajstić information content (AvgIpc) is 2.13. The zero-order chi connectivity index (χ0) is 7.40. The predicted octanol–water partition coefficient (Wildman–Crippen LogP) is 1.66. The minimum Gasteiger partial charge on any atom is -0.493 e. The fourth-order valence-corrected chi connectivity index (χ4v) is 1.10. The summed E-state index contributed by atoms with van der Waals surface area (Å²) in [5.74, 6) is 0.706. The summed E-state index contributed by atoms with van der Waals surface area (Å²) < 4.78 is 4.89. The van der Waals surface area contributed by atoms with Crippen LogP contribution in [-0.2, 0) is 9.53 Å². The Morgan fingerprint density at radius 2 is 2.30 bits per heavy atom. The summed E-state index contributed by atoms with van der Waals surface area (Å²) in [5, 5.41) is 0. The number of methoxy groups -OCH3 is 1. The molecule has 0 heterocycles. The Balaban J connectivity index is 2.62. The van der Waals surface area contributed by atoms with Gasteiger partial charge in [-0.15, -0.1) is 0 Å². The van der Waals surface area contributed by atoms with Crippen LogP contribution in [0.3, 0.4) is 0 Å². The van der Waals surface area contributed by atoms with E-state index in [1.54, 1.807) is 7.11 Å². The summed E-state index contributed by atoms with van der Waals surface area (Å²) in [6.07, 6.45) is 5.63. The lowest BCUT2D eigenvalue weighted by Crippen LogP contribution is -2.01. The standard InChI is InChI=1S/C8H12O2/c1-10-8-6-4-2-3-5-7(8)9/h6H,2-5H2,1H3. The lowest BCUT2D eigenvalue weighted by molar-refractivity contribution is -0.118. The van der Waals surface area contributed by atoms with Crippen molar-refractivity contribution in [3.8, 4) is 0 Å². The van der Waals surface area contributed by atoms with E-state index in [-0.39, 0.29) is 5.78 Å². The lowest BCUT2D eigenvalue weighted by Gasteiger charge is -1.99. The molecule has 0 aromatic carbocycles. The highest BCUT2D eigenvalue weighted by Crippen LogP contribution is 2.13. The predicted molar refractivity (Wildman–Crippen MR) is 38.6 cm³/mol. The van der Waals surface area contributed by atoms with Gasteiger partial charge in [0.25, 0.3) is 0 Å². The molecule has 0 aliphatic heterocycles. The van der Waals surface area contributed by atoms with Gasteiger partial charge in [0.1, 0.15) is 0 Å². The van der Waals surface area contributed by atoms with Crippen molar-refractivity contribution in [2.45, 2.75) is 25.7 Å². The van der Waals surface area contributed by atoms with Crippen LogP contribution in [0, 0.1) is 0 Å². The molecule has 0 saturated carbocycles. The average molecular weight is 140 g/mol. The zero-order valence-corrected chi connectivity index (χ0v) is 6.22. The Hall–Kier alpha value is -0.790. The summed E-state index contributed by atoms with van der Waals surface area (Å²) in [6.45, 7) is 0. The van der Waals surface area contributed by atoms with E-state index in [0.717, 1.165) is 19.3 Å². The minimum absolute atomic E-state index is 0.153. The highest BCUT2D eigenvalue weighted by Gasteiger charge is 2.11. The molecule has 0 unspecified atom stereocenters. The van der Waals surface area contributed by atoms with E-state index in [1.165, 1.54) is 0 Å². The molecule has 56 valence electrons. The Morgan fingerprint density at radius 3 is 3.00 bits per heavy atom. The van der Waals surface area contributed by atoms with Gasteiger partial charge in [0, 0.05) is 6.42 Å². The van der Waals surface area contributed by atoms with E-state index in [4.69, 9.17) is 4.74 Å². The van der Waals surface area contributed by atoms with Crippen molar-refractivity contribution in [1.82, 2.24) is 0 Å². The van der Waals surface area contributed by atoms with Gasteiger partial charge in [0.05, 0.1) is 7.11 Å². The molecule has 1 aliphatic carbocycles. The van der Waals surface area contributed by atoms with Crippen LogP contribution in [-0.4, -0.2) is 12.9 Å². The molecule has 0 atom stereocenters. The molecule has 1 rings (SSSR count). The number of ether oxygens (including phenoxy) is 1. The molecule has 0 aromatic heterocycles. The van der Waals surface area contributed by atoms with Crippen molar-refractivity contribution < 1.29 is 9.53 Å². The molecule has 0 N–H and O–H groups in total. The maximum absolute atomic E-state index is 11.1. The molecular weight excluding hydrogens is 128 g/mol. The minimum atomic E-state index is 0.153. The number of ketones is 1. The van der Waals surface area contributed by atoms with Crippen LogP contribution < -0.4 is 0 Å². The lowest BCUT2D eigenvalue weighted by atomic mass is 10.2. The monoisotopic (exact) mass is 140 g/mol. The first-order valence-electron chi connectivity index (χ1n) is 3.62. The Kier molecular flexibility index (Phi) is 2.49. The zero-order valence-electron chi connectivity index (χ0n) is 6.22. The van der Waals surface area contributed by atoms with E-state index in [1.807, 2.05) is 6.08 Å². The van der Waals surface area contributed by atoms with Crippen molar-refractivity contribution in [2.75, 3.05) is 7.11 Å². The highest BCUT2D eigenvalue weighted by atomic mass is 16.5. The second kappa shape index (κ2) is 3.40. The van der Waals surface area contributed by atoms with E-state index in [2.05, 4.69) is 0 Å². The van der Waals surface area contributed by atoms with Crippen LogP contribution >= 0.6 is 0 Å². The van der Waals surface area contributed by atoms with E-state index in [9.17, 15) is 4.79 Å². The largest absolute Gasteiger partial charge is 0.493 e. The Bertz CT molecular complexity index is 159. The third kappa shape index (κ3) is 1.59. The normalized spacial score (nSPS) is 19.7. The number of allylic oxidation sites excluding steroid dienone is 2. The van der Waals surface area contributed by atoms with Crippen LogP contribution in [0.15, 0.2) is 11.8 Å². The Morgan fingerprint density at radius 1 is 1.50 bits per heavy atom. The molecule has 0 fully saturated rings. The molecule has 0 aromatic rings. The maximum atomic E-state index is 11.1. The molecule has 2 heteroatoms. The summed E-state index contributed by atoms with van der Waals surface area (Å²) in [6, 6.07) is 0. The van der Waals surface area contributed by atoms with Gasteiger partial charge in [0.15, 0.2) is 11.5 Å². The first-order valence-corrected chi connectivity index (χ1v) is 3.62. The number of carbonyl (C=O) groups is 1. The van der Waals surface area contributed by atoms with Crippen LogP contribution in [0.2, 0.25) is 0 Å². The van der Waals surface area contributed by atoms with Crippen LogP contribution in [0.1, 0.15) is 25.7 Å². The van der Waals surface area contributed by atoms with Gasteiger partial charge >= 0.3 is 0 Å². The van der Waals surface area contributed by atoms with Gasteiger partial charge in [-0.05, 0) is 25.3 Å². The number of carbonyl (C=O) groups excluding carboxylic acids is 1. The number of hydrogen-bond acceptors (Lipinski definition) is 2. The SMILES string of the molecule is COC1=CCCCCC1=O. The molecule has 2 nitrogen and oxygen atoms in total. The van der Waals surface area contributed by atoms with Crippen molar-refractivity contribution >= 4 is 5.78 Å². The van der Waals surface area contributed by atoms with E-state index >= 15 is 0 Å². The fourth-order valence-electron chi connectivity index (χ4n) is 1.10. The number of hydrogen-bond donors (Lipinski definition) is 0. The van der Waals surface area contributed by atoms with Gasteiger partial charge in [0.2, 0.25) is 0 Å². The van der Waals surface area contributed by atoms with Crippen molar-refractivity contribution in [3.63, 3.8) is 0 Å². The summed E-state index contributed by atoms with van der Waals surface area (Å²) in [7, 11) is 1.55. The van der Waals surface area contributed by atoms with Crippen molar-refractivity contribution in [3.05, 3.63) is 11.8 Å². The van der Waals surface area contributed by atoms with Gasteiger partial charge in [-0.1, -0.05) is 0 Å². The third-order valence-corrected chi connectivity index (χ3v) is 1.68. The third-order valence-electron chi connectivity index (χ3n) is 1.68. The van der Waals surface area contributed by atoms with E-state index in [0.29, 0.717) is 12.2 Å². The topological polar surface area (TPSA) is 26.3 Å². The van der Waals surface area contributed by atoms with Crippen molar-refractivity contribution in [1.29, 1.82) is 0 Å². The molecule has 10 heavy (non-hydrogen) atoms. The van der Waals surface area contributed by atoms with E-state index < -0.39 is 0 Å². The second-order valence-corrected chi connectivity index (χ2v) is 2.44. The fraction of sp³-hybridized carbons (Fsp3) is 0.625.